The fourth-order valence-electron chi connectivity index (χ4n) is 0.795. The highest BCUT2D eigenvalue weighted by Crippen LogP contribution is 2.06. The molecule has 0 aromatic carbocycles. The van der Waals surface area contributed by atoms with Gasteiger partial charge in [-0.3, -0.25) is 0 Å². The molecule has 0 aliphatic carbocycles. The largest absolute Gasteiger partial charge is 0.673 e. The molecule has 14 heavy (non-hydrogen) atoms. The number of aliphatic hydroxyl groups excluding tert-OH is 1. The minimum Gasteiger partial charge on any atom is -0.418 e. The van der Waals surface area contributed by atoms with Crippen LogP contribution in [0.2, 0.25) is 0 Å². The number of halogens is 4. The van der Waals surface area contributed by atoms with Gasteiger partial charge < -0.3 is 26.9 Å². The van der Waals surface area contributed by atoms with Crippen LogP contribution in [-0.2, 0) is 6.73 Å². The van der Waals surface area contributed by atoms with Crippen LogP contribution in [0.15, 0.2) is 6.20 Å². The summed E-state index contributed by atoms with van der Waals surface area (Å²) in [6.45, 7) is 3.80. The van der Waals surface area contributed by atoms with Gasteiger partial charge in [0, 0.05) is 11.9 Å². The van der Waals surface area contributed by atoms with Crippen molar-refractivity contribution in [1.29, 1.82) is 0 Å². The molecule has 0 aliphatic heterocycles. The first-order valence-electron chi connectivity index (χ1n) is 3.72. The Balaban J connectivity index is 0.000000292. The predicted molar refractivity (Wildman–Crippen MR) is 44.1 cm³/mol. The van der Waals surface area contributed by atoms with Crippen molar-refractivity contribution < 1.29 is 22.4 Å². The maximum atomic E-state index is 9.75. The molecular formula is C6H10BF4N2O-. The van der Waals surface area contributed by atoms with Gasteiger partial charge in [-0.25, -0.2) is 4.98 Å². The Morgan fingerprint density at radius 2 is 1.79 bits per heavy atom. The zero-order valence-electron chi connectivity index (χ0n) is 7.72. The molecule has 0 bridgehead atoms. The van der Waals surface area contributed by atoms with Crippen LogP contribution in [0.1, 0.15) is 11.5 Å². The Kier molecular flexibility index (Phi) is 4.62. The zero-order valence-corrected chi connectivity index (χ0v) is 7.72. The minimum absolute atomic E-state index is 0.0255. The van der Waals surface area contributed by atoms with E-state index < -0.39 is 7.25 Å². The number of hydrogen-bond acceptors (Lipinski definition) is 2. The van der Waals surface area contributed by atoms with E-state index in [2.05, 4.69) is 4.98 Å². The minimum atomic E-state index is -6.00. The molecule has 1 aromatic heterocycles. The van der Waals surface area contributed by atoms with Crippen LogP contribution in [0.3, 0.4) is 0 Å². The van der Waals surface area contributed by atoms with Crippen molar-refractivity contribution in [3.63, 3.8) is 0 Å². The van der Waals surface area contributed by atoms with Gasteiger partial charge in [-0.05, 0) is 13.8 Å². The normalized spacial score (nSPS) is 10.8. The van der Waals surface area contributed by atoms with E-state index in [0.29, 0.717) is 0 Å². The number of imidazole rings is 1. The summed E-state index contributed by atoms with van der Waals surface area (Å²) < 4.78 is 40.7. The highest BCUT2D eigenvalue weighted by molar-refractivity contribution is 6.50. The highest BCUT2D eigenvalue weighted by atomic mass is 19.5. The van der Waals surface area contributed by atoms with E-state index in [1.165, 1.54) is 0 Å². The molecule has 0 saturated heterocycles. The summed E-state index contributed by atoms with van der Waals surface area (Å²) in [5, 5.41) is 8.71. The van der Waals surface area contributed by atoms with Crippen LogP contribution in [0.5, 0.6) is 0 Å². The number of nitrogens with zero attached hydrogens (tertiary/aromatic N) is 2. The Morgan fingerprint density at radius 1 is 1.36 bits per heavy atom. The van der Waals surface area contributed by atoms with Crippen LogP contribution >= 0.6 is 0 Å². The molecule has 1 aromatic rings. The van der Waals surface area contributed by atoms with E-state index in [1.54, 1.807) is 10.8 Å². The molecule has 82 valence electrons. The molecule has 0 aliphatic rings. The lowest BCUT2D eigenvalue weighted by Gasteiger charge is -1.99. The van der Waals surface area contributed by atoms with Crippen molar-refractivity contribution in [3.05, 3.63) is 17.7 Å². The third-order valence-corrected chi connectivity index (χ3v) is 1.40. The molecule has 1 heterocycles. The van der Waals surface area contributed by atoms with Crippen molar-refractivity contribution >= 4 is 7.25 Å². The third kappa shape index (κ3) is 5.57. The Labute approximate surface area is 78.5 Å². The quantitative estimate of drug-likeness (QED) is 0.569. The molecule has 8 heteroatoms. The molecule has 0 atom stereocenters. The smallest absolute Gasteiger partial charge is 0.418 e. The summed E-state index contributed by atoms with van der Waals surface area (Å²) >= 11 is 0. The van der Waals surface area contributed by atoms with Crippen LogP contribution < -0.4 is 0 Å². The summed E-state index contributed by atoms with van der Waals surface area (Å²) in [6.07, 6.45) is 1.74. The van der Waals surface area contributed by atoms with E-state index in [0.717, 1.165) is 11.5 Å². The summed E-state index contributed by atoms with van der Waals surface area (Å²) in [6, 6.07) is 0. The second-order valence-electron chi connectivity index (χ2n) is 2.51. The van der Waals surface area contributed by atoms with E-state index in [4.69, 9.17) is 5.11 Å². The predicted octanol–water partition coefficient (Wildman–Crippen LogP) is 1.75. The fourth-order valence-corrected chi connectivity index (χ4v) is 0.795. The molecule has 1 N–H and O–H groups in total. The number of aliphatic hydroxyl groups is 1. The van der Waals surface area contributed by atoms with Crippen LogP contribution in [0.25, 0.3) is 0 Å². The molecule has 0 spiro atoms. The Morgan fingerprint density at radius 3 is 1.93 bits per heavy atom. The molecule has 0 radical (unpaired) electrons. The van der Waals surface area contributed by atoms with Gasteiger partial charge in [-0.15, -0.1) is 0 Å². The summed E-state index contributed by atoms with van der Waals surface area (Å²) in [5.41, 5.74) is 0.995. The van der Waals surface area contributed by atoms with E-state index >= 15 is 0 Å². The number of aromatic nitrogens is 2. The first kappa shape index (κ1) is 13.0. The van der Waals surface area contributed by atoms with Crippen LogP contribution in [-0.4, -0.2) is 21.9 Å². The Hall–Kier alpha value is -1.05. The van der Waals surface area contributed by atoms with Gasteiger partial charge in [0.05, 0.1) is 0 Å². The highest BCUT2D eigenvalue weighted by Gasteiger charge is 2.20. The van der Waals surface area contributed by atoms with Crippen molar-refractivity contribution in [2.75, 3.05) is 0 Å². The SMILES string of the molecule is Cc1cnc(C)n1CO.F[B-](F)(F)F. The Bertz CT molecular complexity index is 260. The van der Waals surface area contributed by atoms with Crippen molar-refractivity contribution in [1.82, 2.24) is 9.55 Å². The van der Waals surface area contributed by atoms with Crippen molar-refractivity contribution in [2.24, 2.45) is 0 Å². The van der Waals surface area contributed by atoms with Gasteiger partial charge >= 0.3 is 7.25 Å². The van der Waals surface area contributed by atoms with Gasteiger partial charge in [0.2, 0.25) is 0 Å². The summed E-state index contributed by atoms with van der Waals surface area (Å²) in [5.74, 6) is 0.856. The lowest BCUT2D eigenvalue weighted by molar-refractivity contribution is 0.205. The molecule has 1 rings (SSSR count). The second-order valence-corrected chi connectivity index (χ2v) is 2.51. The first-order valence-corrected chi connectivity index (χ1v) is 3.72. The first-order chi connectivity index (χ1) is 6.25. The lowest BCUT2D eigenvalue weighted by Crippen LogP contribution is -2.02. The van der Waals surface area contributed by atoms with Crippen molar-refractivity contribution in [2.45, 2.75) is 20.6 Å². The van der Waals surface area contributed by atoms with Crippen molar-refractivity contribution in [3.8, 4) is 0 Å². The number of rotatable bonds is 1. The van der Waals surface area contributed by atoms with Gasteiger partial charge in [0.1, 0.15) is 12.6 Å². The van der Waals surface area contributed by atoms with Crippen LogP contribution in [0.4, 0.5) is 17.3 Å². The maximum Gasteiger partial charge on any atom is 0.673 e. The van der Waals surface area contributed by atoms with Gasteiger partial charge in [-0.2, -0.15) is 0 Å². The monoisotopic (exact) mass is 213 g/mol. The summed E-state index contributed by atoms with van der Waals surface area (Å²) in [4.78, 5) is 3.99. The van der Waals surface area contributed by atoms with Gasteiger partial charge in [0.15, 0.2) is 0 Å². The molecule has 3 nitrogen and oxygen atoms in total. The van der Waals surface area contributed by atoms with Gasteiger partial charge in [0.25, 0.3) is 0 Å². The lowest BCUT2D eigenvalue weighted by atomic mass is 10.3. The molecular weight excluding hydrogens is 203 g/mol. The summed E-state index contributed by atoms with van der Waals surface area (Å²) in [7, 11) is -6.00. The zero-order chi connectivity index (χ0) is 11.4. The number of hydrogen-bond donors (Lipinski definition) is 1. The standard InChI is InChI=1S/C6H10N2O.BF4/c1-5-3-7-6(2)8(5)4-9;2-1(3,4)5/h3,9H,4H2,1-2H3;/q;-1. The third-order valence-electron chi connectivity index (χ3n) is 1.40. The molecule has 0 fully saturated rings. The fraction of sp³-hybridized carbons (Fsp3) is 0.500. The number of aryl methyl sites for hydroxylation is 2. The average Bonchev–Trinajstić information content (AvgIpc) is 2.27. The molecule has 0 unspecified atom stereocenters. The van der Waals surface area contributed by atoms with Gasteiger partial charge in [-0.1, -0.05) is 0 Å². The maximum absolute atomic E-state index is 9.75. The van der Waals surface area contributed by atoms with E-state index in [9.17, 15) is 17.3 Å². The second kappa shape index (κ2) is 4.99. The topological polar surface area (TPSA) is 38.0 Å². The average molecular weight is 213 g/mol. The molecule has 0 saturated carbocycles. The van der Waals surface area contributed by atoms with E-state index in [-0.39, 0.29) is 6.73 Å². The van der Waals surface area contributed by atoms with Crippen LogP contribution in [0, 0.1) is 13.8 Å². The van der Waals surface area contributed by atoms with E-state index in [1.807, 2.05) is 13.8 Å². The molecule has 0 amide bonds.